The molecule has 0 spiro atoms. The Bertz CT molecular complexity index is 702. The van der Waals surface area contributed by atoms with Gasteiger partial charge in [0.1, 0.15) is 5.69 Å². The Labute approximate surface area is 98.5 Å². The van der Waals surface area contributed by atoms with Crippen molar-refractivity contribution in [2.24, 2.45) is 0 Å². The normalized spacial score (nSPS) is 10.3. The van der Waals surface area contributed by atoms with Crippen LogP contribution in [-0.4, -0.2) is 15.2 Å². The molecule has 0 aliphatic heterocycles. The van der Waals surface area contributed by atoms with Crippen molar-refractivity contribution in [3.05, 3.63) is 48.4 Å². The third-order valence-corrected chi connectivity index (χ3v) is 2.68. The molecule has 1 N–H and O–H groups in total. The highest BCUT2D eigenvalue weighted by Gasteiger charge is 2.01. The van der Waals surface area contributed by atoms with Crippen molar-refractivity contribution in [3.63, 3.8) is 0 Å². The summed E-state index contributed by atoms with van der Waals surface area (Å²) in [5.74, 6) is 2.51. The number of H-pyrrole nitrogens is 1. The average Bonchev–Trinajstić information content (AvgIpc) is 2.86. The van der Waals surface area contributed by atoms with Gasteiger partial charge in [-0.2, -0.15) is 5.10 Å². The van der Waals surface area contributed by atoms with Crippen molar-refractivity contribution >= 4 is 10.9 Å². The Morgan fingerprint density at radius 2 is 1.94 bits per heavy atom. The van der Waals surface area contributed by atoms with Gasteiger partial charge in [0.05, 0.1) is 11.7 Å². The molecular weight excluding hydrogens is 210 g/mol. The van der Waals surface area contributed by atoms with Gasteiger partial charge in [0.15, 0.2) is 0 Å². The zero-order valence-electron chi connectivity index (χ0n) is 9.01. The maximum atomic E-state index is 5.27. The molecule has 17 heavy (non-hydrogen) atoms. The van der Waals surface area contributed by atoms with Crippen LogP contribution in [0.4, 0.5) is 0 Å². The van der Waals surface area contributed by atoms with Crippen LogP contribution in [0.15, 0.2) is 42.7 Å². The molecule has 2 aromatic heterocycles. The molecule has 0 fully saturated rings. The van der Waals surface area contributed by atoms with Crippen molar-refractivity contribution in [2.45, 2.75) is 0 Å². The van der Waals surface area contributed by atoms with Gasteiger partial charge in [0.2, 0.25) is 0 Å². The third kappa shape index (κ3) is 1.66. The van der Waals surface area contributed by atoms with E-state index in [0.717, 1.165) is 22.0 Å². The van der Waals surface area contributed by atoms with E-state index in [0.29, 0.717) is 5.69 Å². The number of nitrogens with zero attached hydrogens (tertiary/aromatic N) is 2. The Hall–Kier alpha value is -2.60. The van der Waals surface area contributed by atoms with Crippen LogP contribution in [0.25, 0.3) is 22.0 Å². The van der Waals surface area contributed by atoms with Crippen LogP contribution in [0.1, 0.15) is 5.69 Å². The summed E-state index contributed by atoms with van der Waals surface area (Å²) in [6.07, 6.45) is 8.87. The smallest absolute Gasteiger partial charge is 0.112 e. The molecule has 0 bridgehead atoms. The highest BCUT2D eigenvalue weighted by molar-refractivity contribution is 5.83. The zero-order chi connectivity index (χ0) is 11.7. The number of hydrogen-bond acceptors (Lipinski definition) is 2. The number of fused-ring (bicyclic) bond motifs is 1. The van der Waals surface area contributed by atoms with E-state index in [2.05, 4.69) is 27.2 Å². The van der Waals surface area contributed by atoms with Crippen molar-refractivity contribution < 1.29 is 0 Å². The molecule has 0 atom stereocenters. The number of hydrogen-bond donors (Lipinski definition) is 1. The van der Waals surface area contributed by atoms with Gasteiger partial charge in [-0.1, -0.05) is 18.1 Å². The minimum atomic E-state index is 0.651. The first kappa shape index (κ1) is 9.61. The molecule has 3 aromatic rings. The number of benzene rings is 1. The van der Waals surface area contributed by atoms with Gasteiger partial charge in [0, 0.05) is 17.1 Å². The van der Waals surface area contributed by atoms with Crippen LogP contribution < -0.4 is 0 Å². The van der Waals surface area contributed by atoms with E-state index in [1.807, 2.05) is 30.5 Å². The lowest BCUT2D eigenvalue weighted by Gasteiger charge is -2.01. The van der Waals surface area contributed by atoms with Gasteiger partial charge in [-0.05, 0) is 23.8 Å². The first-order valence-electron chi connectivity index (χ1n) is 5.23. The van der Waals surface area contributed by atoms with Crippen LogP contribution in [0, 0.1) is 12.3 Å². The standard InChI is InChI=1S/C14H9N3/c1-2-13-5-3-11(8-15-13)10-4-6-14-12(7-10)9-16-17-14/h1,3-9H,(H,16,17). The minimum Gasteiger partial charge on any atom is -0.278 e. The molecule has 0 amide bonds. The van der Waals surface area contributed by atoms with E-state index in [1.165, 1.54) is 0 Å². The van der Waals surface area contributed by atoms with Crippen LogP contribution in [0.5, 0.6) is 0 Å². The fourth-order valence-corrected chi connectivity index (χ4v) is 1.77. The maximum Gasteiger partial charge on any atom is 0.112 e. The Morgan fingerprint density at radius 3 is 2.71 bits per heavy atom. The molecule has 0 aliphatic rings. The highest BCUT2D eigenvalue weighted by Crippen LogP contribution is 2.22. The molecule has 3 rings (SSSR count). The molecule has 0 unspecified atom stereocenters. The Balaban J connectivity index is 2.10. The zero-order valence-corrected chi connectivity index (χ0v) is 9.01. The summed E-state index contributed by atoms with van der Waals surface area (Å²) in [6.45, 7) is 0. The number of rotatable bonds is 1. The monoisotopic (exact) mass is 219 g/mol. The van der Waals surface area contributed by atoms with E-state index in [9.17, 15) is 0 Å². The van der Waals surface area contributed by atoms with Crippen molar-refractivity contribution in [1.82, 2.24) is 15.2 Å². The molecule has 3 heteroatoms. The lowest BCUT2D eigenvalue weighted by molar-refractivity contribution is 1.12. The SMILES string of the molecule is C#Cc1ccc(-c2ccc3[nH]ncc3c2)cn1. The van der Waals surface area contributed by atoms with Crippen LogP contribution in [0.3, 0.4) is 0 Å². The number of aromatic nitrogens is 3. The summed E-state index contributed by atoms with van der Waals surface area (Å²) >= 11 is 0. The van der Waals surface area contributed by atoms with Crippen molar-refractivity contribution in [2.75, 3.05) is 0 Å². The molecule has 80 valence electrons. The van der Waals surface area contributed by atoms with E-state index in [-0.39, 0.29) is 0 Å². The van der Waals surface area contributed by atoms with Gasteiger partial charge < -0.3 is 0 Å². The number of terminal acetylenes is 1. The summed E-state index contributed by atoms with van der Waals surface area (Å²) in [7, 11) is 0. The molecule has 0 saturated heterocycles. The van der Waals surface area contributed by atoms with Gasteiger partial charge >= 0.3 is 0 Å². The molecular formula is C14H9N3. The highest BCUT2D eigenvalue weighted by atomic mass is 15.1. The first-order chi connectivity index (χ1) is 8.36. The van der Waals surface area contributed by atoms with E-state index < -0.39 is 0 Å². The van der Waals surface area contributed by atoms with Crippen molar-refractivity contribution in [3.8, 4) is 23.5 Å². The molecule has 0 aliphatic carbocycles. The van der Waals surface area contributed by atoms with E-state index >= 15 is 0 Å². The fraction of sp³-hybridized carbons (Fsp3) is 0. The molecule has 1 aromatic carbocycles. The van der Waals surface area contributed by atoms with Gasteiger partial charge in [0.25, 0.3) is 0 Å². The van der Waals surface area contributed by atoms with Gasteiger partial charge in [-0.3, -0.25) is 5.10 Å². The van der Waals surface area contributed by atoms with Crippen molar-refractivity contribution in [1.29, 1.82) is 0 Å². The average molecular weight is 219 g/mol. The lowest BCUT2D eigenvalue weighted by atomic mass is 10.1. The fourth-order valence-electron chi connectivity index (χ4n) is 1.77. The van der Waals surface area contributed by atoms with E-state index in [4.69, 9.17) is 6.42 Å². The third-order valence-electron chi connectivity index (χ3n) is 2.68. The first-order valence-corrected chi connectivity index (χ1v) is 5.23. The largest absolute Gasteiger partial charge is 0.278 e. The summed E-state index contributed by atoms with van der Waals surface area (Å²) in [5.41, 5.74) is 3.84. The predicted molar refractivity (Wildman–Crippen MR) is 67.3 cm³/mol. The molecule has 3 nitrogen and oxygen atoms in total. The summed E-state index contributed by atoms with van der Waals surface area (Å²) in [5, 5.41) is 8.01. The topological polar surface area (TPSA) is 41.6 Å². The molecule has 2 heterocycles. The maximum absolute atomic E-state index is 5.27. The quantitative estimate of drug-likeness (QED) is 0.639. The minimum absolute atomic E-state index is 0.651. The van der Waals surface area contributed by atoms with Crippen LogP contribution in [-0.2, 0) is 0 Å². The summed E-state index contributed by atoms with van der Waals surface area (Å²) in [4.78, 5) is 4.18. The van der Waals surface area contributed by atoms with Crippen LogP contribution in [0.2, 0.25) is 0 Å². The number of pyridine rings is 1. The van der Waals surface area contributed by atoms with Crippen LogP contribution >= 0.6 is 0 Å². The van der Waals surface area contributed by atoms with Gasteiger partial charge in [-0.15, -0.1) is 6.42 Å². The second-order valence-electron chi connectivity index (χ2n) is 3.75. The predicted octanol–water partition coefficient (Wildman–Crippen LogP) is 2.61. The molecule has 0 saturated carbocycles. The Kier molecular flexibility index (Phi) is 2.13. The Morgan fingerprint density at radius 1 is 1.06 bits per heavy atom. The number of aromatic amines is 1. The number of nitrogens with one attached hydrogen (secondary N) is 1. The lowest BCUT2D eigenvalue weighted by Crippen LogP contribution is -1.83. The summed E-state index contributed by atoms with van der Waals surface area (Å²) in [6, 6.07) is 9.93. The second-order valence-corrected chi connectivity index (χ2v) is 3.75. The molecule has 0 radical (unpaired) electrons. The van der Waals surface area contributed by atoms with E-state index in [1.54, 1.807) is 6.20 Å². The summed E-state index contributed by atoms with van der Waals surface area (Å²) < 4.78 is 0. The second kappa shape index (κ2) is 3.76. The van der Waals surface area contributed by atoms with Gasteiger partial charge in [-0.25, -0.2) is 4.98 Å².